The van der Waals surface area contributed by atoms with Crippen LogP contribution in [-0.4, -0.2) is 18.0 Å². The van der Waals surface area contributed by atoms with Crippen LogP contribution in [0.3, 0.4) is 0 Å². The molecular formula is C12H24ClN. The molecule has 0 saturated carbocycles. The van der Waals surface area contributed by atoms with Crippen molar-refractivity contribution < 1.29 is 0 Å². The molecule has 0 aromatic heterocycles. The minimum absolute atomic E-state index is 0.407. The van der Waals surface area contributed by atoms with Crippen molar-refractivity contribution >= 4 is 11.6 Å². The van der Waals surface area contributed by atoms with Crippen molar-refractivity contribution in [3.8, 4) is 0 Å². The highest BCUT2D eigenvalue weighted by Crippen LogP contribution is 2.17. The van der Waals surface area contributed by atoms with Gasteiger partial charge < -0.3 is 5.32 Å². The van der Waals surface area contributed by atoms with Crippen LogP contribution in [0.5, 0.6) is 0 Å². The van der Waals surface area contributed by atoms with Gasteiger partial charge in [-0.3, -0.25) is 0 Å². The van der Waals surface area contributed by atoms with Gasteiger partial charge in [-0.15, -0.1) is 11.6 Å². The zero-order valence-electron chi connectivity index (χ0n) is 9.40. The van der Waals surface area contributed by atoms with Gasteiger partial charge in [-0.05, 0) is 38.6 Å². The predicted octanol–water partition coefficient (Wildman–Crippen LogP) is 3.71. The van der Waals surface area contributed by atoms with Crippen LogP contribution in [0, 0.1) is 0 Å². The van der Waals surface area contributed by atoms with Gasteiger partial charge >= 0.3 is 0 Å². The fourth-order valence-corrected chi connectivity index (χ4v) is 2.53. The Balaban J connectivity index is 2.09. The van der Waals surface area contributed by atoms with Crippen molar-refractivity contribution in [2.24, 2.45) is 0 Å². The highest BCUT2D eigenvalue weighted by molar-refractivity contribution is 6.20. The second kappa shape index (κ2) is 7.53. The Hall–Kier alpha value is 0.250. The minimum atomic E-state index is 0.407. The summed E-state index contributed by atoms with van der Waals surface area (Å²) in [4.78, 5) is 0. The van der Waals surface area contributed by atoms with Crippen LogP contribution in [0.2, 0.25) is 0 Å². The van der Waals surface area contributed by atoms with Crippen LogP contribution < -0.4 is 5.32 Å². The lowest BCUT2D eigenvalue weighted by molar-refractivity contribution is 0.454. The molecule has 2 unspecified atom stereocenters. The number of nitrogens with one attached hydrogen (secondary N) is 1. The molecule has 1 rings (SSSR count). The SMILES string of the molecule is CCCC(Cl)CCC1CCCCCN1. The molecule has 1 heterocycles. The second-order valence-electron chi connectivity index (χ2n) is 4.46. The summed E-state index contributed by atoms with van der Waals surface area (Å²) in [5.74, 6) is 0. The Morgan fingerprint density at radius 3 is 2.93 bits per heavy atom. The number of alkyl halides is 1. The number of halogens is 1. The van der Waals surface area contributed by atoms with E-state index in [-0.39, 0.29) is 0 Å². The Kier molecular flexibility index (Phi) is 6.63. The van der Waals surface area contributed by atoms with Gasteiger partial charge in [-0.25, -0.2) is 0 Å². The van der Waals surface area contributed by atoms with Crippen LogP contribution in [0.15, 0.2) is 0 Å². The van der Waals surface area contributed by atoms with Gasteiger partial charge in [0.1, 0.15) is 0 Å². The molecule has 1 aliphatic rings. The van der Waals surface area contributed by atoms with E-state index in [9.17, 15) is 0 Å². The molecular weight excluding hydrogens is 194 g/mol. The van der Waals surface area contributed by atoms with E-state index in [0.29, 0.717) is 5.38 Å². The third kappa shape index (κ3) is 5.21. The summed E-state index contributed by atoms with van der Waals surface area (Å²) in [7, 11) is 0. The maximum absolute atomic E-state index is 6.21. The van der Waals surface area contributed by atoms with Gasteiger partial charge in [-0.1, -0.05) is 26.2 Å². The fourth-order valence-electron chi connectivity index (χ4n) is 2.19. The lowest BCUT2D eigenvalue weighted by Gasteiger charge is -2.17. The van der Waals surface area contributed by atoms with E-state index in [0.717, 1.165) is 6.04 Å². The highest BCUT2D eigenvalue weighted by atomic mass is 35.5. The summed E-state index contributed by atoms with van der Waals surface area (Å²) in [6.07, 6.45) is 10.4. The molecule has 14 heavy (non-hydrogen) atoms. The van der Waals surface area contributed by atoms with Crippen LogP contribution in [0.1, 0.15) is 58.3 Å². The van der Waals surface area contributed by atoms with Crippen molar-refractivity contribution in [1.29, 1.82) is 0 Å². The second-order valence-corrected chi connectivity index (χ2v) is 5.08. The minimum Gasteiger partial charge on any atom is -0.314 e. The average molecular weight is 218 g/mol. The normalized spacial score (nSPS) is 25.7. The van der Waals surface area contributed by atoms with E-state index in [1.165, 1.54) is 57.9 Å². The summed E-state index contributed by atoms with van der Waals surface area (Å²) in [6, 6.07) is 0.746. The largest absolute Gasteiger partial charge is 0.314 e. The number of hydrogen-bond acceptors (Lipinski definition) is 1. The van der Waals surface area contributed by atoms with E-state index >= 15 is 0 Å². The lowest BCUT2D eigenvalue weighted by Crippen LogP contribution is -2.28. The Bertz CT molecular complexity index is 130. The first-order valence-corrected chi connectivity index (χ1v) is 6.64. The number of rotatable bonds is 5. The zero-order valence-corrected chi connectivity index (χ0v) is 10.2. The molecule has 1 fully saturated rings. The molecule has 2 atom stereocenters. The lowest BCUT2D eigenvalue weighted by atomic mass is 10.0. The summed E-state index contributed by atoms with van der Waals surface area (Å²) in [5.41, 5.74) is 0. The zero-order chi connectivity index (χ0) is 10.2. The first kappa shape index (κ1) is 12.3. The maximum atomic E-state index is 6.21. The van der Waals surface area contributed by atoms with Crippen molar-refractivity contribution in [2.45, 2.75) is 69.7 Å². The summed E-state index contributed by atoms with van der Waals surface area (Å²) >= 11 is 6.21. The van der Waals surface area contributed by atoms with Crippen LogP contribution >= 0.6 is 11.6 Å². The summed E-state index contributed by atoms with van der Waals surface area (Å²) in [6.45, 7) is 3.42. The standard InChI is InChI=1S/C12H24ClN/c1-2-6-11(13)8-9-12-7-4-3-5-10-14-12/h11-12,14H,2-10H2,1H3. The monoisotopic (exact) mass is 217 g/mol. The van der Waals surface area contributed by atoms with E-state index in [2.05, 4.69) is 12.2 Å². The molecule has 0 aliphatic carbocycles. The van der Waals surface area contributed by atoms with Crippen LogP contribution in [-0.2, 0) is 0 Å². The highest BCUT2D eigenvalue weighted by Gasteiger charge is 2.12. The van der Waals surface area contributed by atoms with Crippen LogP contribution in [0.25, 0.3) is 0 Å². The molecule has 0 aromatic carbocycles. The van der Waals surface area contributed by atoms with Gasteiger partial charge in [0.05, 0.1) is 0 Å². The predicted molar refractivity (Wildman–Crippen MR) is 64.0 cm³/mol. The number of hydrogen-bond donors (Lipinski definition) is 1. The molecule has 0 spiro atoms. The van der Waals surface area contributed by atoms with Gasteiger partial charge in [0.15, 0.2) is 0 Å². The molecule has 0 amide bonds. The Morgan fingerprint density at radius 1 is 1.29 bits per heavy atom. The Labute approximate surface area is 93.6 Å². The van der Waals surface area contributed by atoms with Crippen molar-refractivity contribution in [3.05, 3.63) is 0 Å². The van der Waals surface area contributed by atoms with Crippen molar-refractivity contribution in [3.63, 3.8) is 0 Å². The van der Waals surface area contributed by atoms with Crippen LogP contribution in [0.4, 0.5) is 0 Å². The smallest absolute Gasteiger partial charge is 0.0336 e. The molecule has 1 nitrogen and oxygen atoms in total. The molecule has 1 saturated heterocycles. The molecule has 0 aromatic rings. The Morgan fingerprint density at radius 2 is 2.14 bits per heavy atom. The third-order valence-electron chi connectivity index (χ3n) is 3.09. The van der Waals surface area contributed by atoms with Gasteiger partial charge in [0.2, 0.25) is 0 Å². The molecule has 0 radical (unpaired) electrons. The van der Waals surface area contributed by atoms with E-state index < -0.39 is 0 Å². The van der Waals surface area contributed by atoms with Gasteiger partial charge in [-0.2, -0.15) is 0 Å². The third-order valence-corrected chi connectivity index (χ3v) is 3.53. The molecule has 84 valence electrons. The maximum Gasteiger partial charge on any atom is 0.0336 e. The van der Waals surface area contributed by atoms with Gasteiger partial charge in [0, 0.05) is 11.4 Å². The van der Waals surface area contributed by atoms with E-state index in [4.69, 9.17) is 11.6 Å². The topological polar surface area (TPSA) is 12.0 Å². The molecule has 1 N–H and O–H groups in total. The average Bonchev–Trinajstić information content (AvgIpc) is 2.43. The molecule has 1 aliphatic heterocycles. The van der Waals surface area contributed by atoms with Crippen molar-refractivity contribution in [1.82, 2.24) is 5.32 Å². The van der Waals surface area contributed by atoms with E-state index in [1.807, 2.05) is 0 Å². The first-order valence-electron chi connectivity index (χ1n) is 6.20. The molecule has 2 heteroatoms. The molecule has 0 bridgehead atoms. The quantitative estimate of drug-likeness (QED) is 0.693. The summed E-state index contributed by atoms with van der Waals surface area (Å²) in [5, 5.41) is 4.03. The fraction of sp³-hybridized carbons (Fsp3) is 1.00. The summed E-state index contributed by atoms with van der Waals surface area (Å²) < 4.78 is 0. The van der Waals surface area contributed by atoms with E-state index in [1.54, 1.807) is 0 Å². The van der Waals surface area contributed by atoms with Crippen molar-refractivity contribution in [2.75, 3.05) is 6.54 Å². The van der Waals surface area contributed by atoms with Gasteiger partial charge in [0.25, 0.3) is 0 Å². The first-order chi connectivity index (χ1) is 6.83.